The second-order valence-corrected chi connectivity index (χ2v) is 8.30. The van der Waals surface area contributed by atoms with Crippen LogP contribution in [0.5, 0.6) is 0 Å². The van der Waals surface area contributed by atoms with Crippen molar-refractivity contribution in [3.05, 3.63) is 30.7 Å². The normalized spacial score (nSPS) is 24.6. The predicted molar refractivity (Wildman–Crippen MR) is 110 cm³/mol. The Balaban J connectivity index is 0.00000180. The van der Waals surface area contributed by atoms with E-state index in [-0.39, 0.29) is 12.4 Å². The van der Waals surface area contributed by atoms with E-state index < -0.39 is 0 Å². The minimum absolute atomic E-state index is 0. The summed E-state index contributed by atoms with van der Waals surface area (Å²) >= 11 is 0. The van der Waals surface area contributed by atoms with Crippen LogP contribution in [0.3, 0.4) is 0 Å². The van der Waals surface area contributed by atoms with Crippen LogP contribution < -0.4 is 10.2 Å². The number of nitrogens with one attached hydrogen (secondary N) is 1. The molecule has 3 fully saturated rings. The molecule has 146 valence electrons. The van der Waals surface area contributed by atoms with E-state index in [9.17, 15) is 0 Å². The van der Waals surface area contributed by atoms with E-state index in [2.05, 4.69) is 32.5 Å². The first kappa shape index (κ1) is 18.7. The number of anilines is 1. The van der Waals surface area contributed by atoms with Crippen molar-refractivity contribution < 1.29 is 0 Å². The molecule has 4 heterocycles. The van der Waals surface area contributed by atoms with Crippen LogP contribution >= 0.6 is 12.4 Å². The van der Waals surface area contributed by atoms with Crippen LogP contribution in [0, 0.1) is 5.41 Å². The molecule has 3 aliphatic rings. The average Bonchev–Trinajstić information content (AvgIpc) is 3.29. The van der Waals surface area contributed by atoms with Gasteiger partial charge in [-0.15, -0.1) is 12.4 Å². The number of nitrogens with zero attached hydrogens (tertiary/aromatic N) is 5. The van der Waals surface area contributed by atoms with Crippen LogP contribution in [0.2, 0.25) is 0 Å². The number of pyridine rings is 1. The van der Waals surface area contributed by atoms with Crippen molar-refractivity contribution in [3.63, 3.8) is 0 Å². The maximum atomic E-state index is 4.72. The van der Waals surface area contributed by atoms with Gasteiger partial charge in [-0.3, -0.25) is 9.58 Å². The maximum Gasteiger partial charge on any atom is 0.136 e. The van der Waals surface area contributed by atoms with Gasteiger partial charge in [-0.1, -0.05) is 0 Å². The van der Waals surface area contributed by atoms with Crippen LogP contribution in [-0.2, 0) is 7.05 Å². The first-order chi connectivity index (χ1) is 12.7. The first-order valence-electron chi connectivity index (χ1n) is 9.86. The molecule has 0 bridgehead atoms. The van der Waals surface area contributed by atoms with Crippen LogP contribution in [-0.4, -0.2) is 65.0 Å². The van der Waals surface area contributed by atoms with Gasteiger partial charge in [0.1, 0.15) is 5.82 Å². The van der Waals surface area contributed by atoms with E-state index in [0.717, 1.165) is 43.6 Å². The second kappa shape index (κ2) is 7.41. The number of halogens is 1. The van der Waals surface area contributed by atoms with Gasteiger partial charge in [-0.2, -0.15) is 5.10 Å². The van der Waals surface area contributed by atoms with E-state index >= 15 is 0 Å². The molecule has 1 aliphatic carbocycles. The zero-order valence-electron chi connectivity index (χ0n) is 16.0. The van der Waals surface area contributed by atoms with E-state index in [0.29, 0.717) is 5.41 Å². The monoisotopic (exact) mass is 388 g/mol. The number of hydrogen-bond acceptors (Lipinski definition) is 5. The van der Waals surface area contributed by atoms with Crippen LogP contribution in [0.25, 0.3) is 11.1 Å². The molecule has 0 amide bonds. The average molecular weight is 389 g/mol. The zero-order valence-corrected chi connectivity index (χ0v) is 16.8. The number of piperazine rings is 1. The third kappa shape index (κ3) is 3.46. The highest BCUT2D eigenvalue weighted by atomic mass is 35.5. The molecule has 27 heavy (non-hydrogen) atoms. The Labute approximate surface area is 167 Å². The fourth-order valence-electron chi connectivity index (χ4n) is 5.02. The summed E-state index contributed by atoms with van der Waals surface area (Å²) < 4.78 is 1.86. The number of rotatable bonds is 3. The molecule has 1 saturated carbocycles. The van der Waals surface area contributed by atoms with Crippen molar-refractivity contribution in [1.29, 1.82) is 0 Å². The summed E-state index contributed by atoms with van der Waals surface area (Å²) in [5, 5.41) is 7.81. The van der Waals surface area contributed by atoms with Crippen molar-refractivity contribution >= 4 is 18.2 Å². The second-order valence-electron chi connectivity index (χ2n) is 8.30. The Morgan fingerprint density at radius 2 is 2.00 bits per heavy atom. The van der Waals surface area contributed by atoms with Gasteiger partial charge >= 0.3 is 0 Å². The van der Waals surface area contributed by atoms with Crippen molar-refractivity contribution in [2.24, 2.45) is 12.5 Å². The van der Waals surface area contributed by atoms with Gasteiger partial charge < -0.3 is 10.2 Å². The fourth-order valence-corrected chi connectivity index (χ4v) is 5.02. The summed E-state index contributed by atoms with van der Waals surface area (Å²) in [7, 11) is 1.96. The fraction of sp³-hybridized carbons (Fsp3) is 0.600. The lowest BCUT2D eigenvalue weighted by Crippen LogP contribution is -2.54. The molecule has 1 spiro atoms. The molecule has 6 nitrogen and oxygen atoms in total. The summed E-state index contributed by atoms with van der Waals surface area (Å²) in [5.41, 5.74) is 2.97. The third-order valence-corrected chi connectivity index (χ3v) is 6.61. The first-order valence-corrected chi connectivity index (χ1v) is 9.86. The van der Waals surface area contributed by atoms with Crippen molar-refractivity contribution in [1.82, 2.24) is 25.0 Å². The summed E-state index contributed by atoms with van der Waals surface area (Å²) in [5.74, 6) is 1.10. The van der Waals surface area contributed by atoms with Gasteiger partial charge in [0.25, 0.3) is 0 Å². The summed E-state index contributed by atoms with van der Waals surface area (Å²) in [4.78, 5) is 9.90. The third-order valence-electron chi connectivity index (χ3n) is 6.61. The lowest BCUT2D eigenvalue weighted by molar-refractivity contribution is 0.135. The molecule has 2 aromatic rings. The van der Waals surface area contributed by atoms with Gasteiger partial charge in [0, 0.05) is 75.9 Å². The largest absolute Gasteiger partial charge is 0.354 e. The molecular formula is C20H29ClN6. The van der Waals surface area contributed by atoms with Gasteiger partial charge in [0.2, 0.25) is 0 Å². The summed E-state index contributed by atoms with van der Waals surface area (Å²) in [6, 6.07) is 4.98. The van der Waals surface area contributed by atoms with Crippen LogP contribution in [0.1, 0.15) is 19.3 Å². The quantitative estimate of drug-likeness (QED) is 0.873. The Morgan fingerprint density at radius 1 is 1.19 bits per heavy atom. The van der Waals surface area contributed by atoms with Gasteiger partial charge in [0.05, 0.1) is 6.20 Å². The molecule has 7 heteroatoms. The molecule has 0 radical (unpaired) electrons. The zero-order chi connectivity index (χ0) is 17.6. The highest BCUT2D eigenvalue weighted by Crippen LogP contribution is 2.43. The topological polar surface area (TPSA) is 49.2 Å². The molecule has 1 atom stereocenters. The van der Waals surface area contributed by atoms with E-state index in [1.165, 1.54) is 37.9 Å². The molecule has 0 unspecified atom stereocenters. The predicted octanol–water partition coefficient (Wildman–Crippen LogP) is 2.17. The minimum atomic E-state index is 0. The highest BCUT2D eigenvalue weighted by molar-refractivity contribution is 5.85. The van der Waals surface area contributed by atoms with Crippen molar-refractivity contribution in [2.45, 2.75) is 25.3 Å². The SMILES string of the molecule is Cl.Cn1cc(-c2cccnc2N2CCN([C@@H]3CCC4(CNC4)C3)CC2)cn1. The summed E-state index contributed by atoms with van der Waals surface area (Å²) in [6.07, 6.45) is 10.1. The van der Waals surface area contributed by atoms with Crippen LogP contribution in [0.4, 0.5) is 5.82 Å². The van der Waals surface area contributed by atoms with E-state index in [1.807, 2.05) is 30.2 Å². The minimum Gasteiger partial charge on any atom is -0.354 e. The van der Waals surface area contributed by atoms with Crippen molar-refractivity contribution in [2.75, 3.05) is 44.2 Å². The Kier molecular flexibility index (Phi) is 5.14. The Bertz CT molecular complexity index is 778. The summed E-state index contributed by atoms with van der Waals surface area (Å²) in [6.45, 7) is 6.91. The molecule has 1 N–H and O–H groups in total. The standard InChI is InChI=1S/C20H28N6.ClH/c1-24-13-16(12-23-24)18-3-2-6-22-19(18)26-9-7-25(8-10-26)17-4-5-20(11-17)14-21-15-20;/h2-3,6,12-13,17,21H,4-5,7-11,14-15H2,1H3;1H/t17-;/m1./s1. The van der Waals surface area contributed by atoms with E-state index in [4.69, 9.17) is 4.98 Å². The Morgan fingerprint density at radius 3 is 2.63 bits per heavy atom. The lowest BCUT2D eigenvalue weighted by atomic mass is 9.80. The molecule has 5 rings (SSSR count). The smallest absolute Gasteiger partial charge is 0.136 e. The highest BCUT2D eigenvalue weighted by Gasteiger charge is 2.45. The molecule has 0 aromatic carbocycles. The molecule has 2 aliphatic heterocycles. The van der Waals surface area contributed by atoms with Gasteiger partial charge in [0.15, 0.2) is 0 Å². The number of hydrogen-bond donors (Lipinski definition) is 1. The Hall–Kier alpha value is -1.63. The molecule has 2 aromatic heterocycles. The van der Waals surface area contributed by atoms with Crippen LogP contribution in [0.15, 0.2) is 30.7 Å². The van der Waals surface area contributed by atoms with Gasteiger partial charge in [-0.25, -0.2) is 4.98 Å². The number of aromatic nitrogens is 3. The van der Waals surface area contributed by atoms with Gasteiger partial charge in [-0.05, 0) is 36.8 Å². The maximum absolute atomic E-state index is 4.72. The molecule has 2 saturated heterocycles. The van der Waals surface area contributed by atoms with Crippen molar-refractivity contribution in [3.8, 4) is 11.1 Å². The lowest BCUT2D eigenvalue weighted by Gasteiger charge is -2.42. The van der Waals surface area contributed by atoms with E-state index in [1.54, 1.807) is 0 Å². The number of aryl methyl sites for hydroxylation is 1. The molecular weight excluding hydrogens is 360 g/mol.